The fourth-order valence-corrected chi connectivity index (χ4v) is 3.27. The Morgan fingerprint density at radius 3 is 2.29 bits per heavy atom. The second-order valence-corrected chi connectivity index (χ2v) is 9.25. The quantitative estimate of drug-likeness (QED) is 0.177. The molecule has 2 aromatic rings. The van der Waals surface area contributed by atoms with Crippen molar-refractivity contribution in [1.82, 2.24) is 0 Å². The first-order valence-electron chi connectivity index (χ1n) is 9.71. The molecule has 8 heteroatoms. The van der Waals surface area contributed by atoms with Gasteiger partial charge in [-0.1, -0.05) is 6.07 Å². The number of halogens is 4. The zero-order valence-corrected chi connectivity index (χ0v) is 19.7. The van der Waals surface area contributed by atoms with E-state index in [-0.39, 0.29) is 48.7 Å². The summed E-state index contributed by atoms with van der Waals surface area (Å²) in [6.07, 6.45) is 0.411. The highest BCUT2D eigenvalue weighted by Crippen LogP contribution is 2.22. The fraction of sp³-hybridized carbons (Fsp3) is 0.391. The van der Waals surface area contributed by atoms with Gasteiger partial charge in [-0.3, -0.25) is 9.59 Å². The molecule has 0 aliphatic carbocycles. The molecule has 0 saturated heterocycles. The van der Waals surface area contributed by atoms with E-state index in [0.717, 1.165) is 12.1 Å². The molecule has 0 saturated carbocycles. The number of carbonyl (C=O) groups is 2. The van der Waals surface area contributed by atoms with Gasteiger partial charge in [0.05, 0.1) is 0 Å². The maximum absolute atomic E-state index is 14.2. The van der Waals surface area contributed by atoms with Crippen LogP contribution in [0.3, 0.4) is 0 Å². The zero-order chi connectivity index (χ0) is 23.2. The van der Waals surface area contributed by atoms with Crippen LogP contribution in [0, 0.1) is 21.0 Å². The van der Waals surface area contributed by atoms with Gasteiger partial charge in [0, 0.05) is 28.6 Å². The minimum absolute atomic E-state index is 0.0657. The molecule has 31 heavy (non-hydrogen) atoms. The van der Waals surface area contributed by atoms with Crippen molar-refractivity contribution in [1.29, 1.82) is 0 Å². The van der Waals surface area contributed by atoms with E-state index in [9.17, 15) is 22.8 Å². The Balaban J connectivity index is 2.00. The molecule has 2 rings (SSSR count). The molecule has 168 valence electrons. The first-order valence-corrected chi connectivity index (χ1v) is 10.8. The lowest BCUT2D eigenvalue weighted by Crippen LogP contribution is -2.24. The molecule has 4 nitrogen and oxygen atoms in total. The van der Waals surface area contributed by atoms with Gasteiger partial charge in [-0.15, -0.1) is 0 Å². The third kappa shape index (κ3) is 8.25. The molecule has 0 heterocycles. The highest BCUT2D eigenvalue weighted by Gasteiger charge is 2.19. The Morgan fingerprint density at radius 2 is 1.65 bits per heavy atom. The van der Waals surface area contributed by atoms with Gasteiger partial charge in [0.1, 0.15) is 18.0 Å². The van der Waals surface area contributed by atoms with Crippen molar-refractivity contribution in [2.75, 3.05) is 13.2 Å². The van der Waals surface area contributed by atoms with Crippen LogP contribution in [0.15, 0.2) is 30.3 Å². The molecule has 0 atom stereocenters. The summed E-state index contributed by atoms with van der Waals surface area (Å²) >= 11 is 1.96. The Morgan fingerprint density at radius 1 is 0.968 bits per heavy atom. The Labute approximate surface area is 193 Å². The molecule has 0 aliphatic rings. The number of Topliss-reactive ketones (excluding diaryl/α,β-unsaturated/α-hetero) is 1. The van der Waals surface area contributed by atoms with Crippen molar-refractivity contribution in [3.8, 4) is 0 Å². The minimum Gasteiger partial charge on any atom is -0.460 e. The third-order valence-corrected chi connectivity index (χ3v) is 4.84. The molecule has 0 aliphatic heterocycles. The fourth-order valence-electron chi connectivity index (χ4n) is 2.82. The lowest BCUT2D eigenvalue weighted by atomic mass is 9.96. The summed E-state index contributed by atoms with van der Waals surface area (Å²) in [4.78, 5) is 24.2. The predicted octanol–water partition coefficient (Wildman–Crippen LogP) is 5.62. The van der Waals surface area contributed by atoms with Crippen LogP contribution in [0.1, 0.15) is 55.1 Å². The lowest BCUT2D eigenvalue weighted by molar-refractivity contribution is -0.155. The minimum atomic E-state index is -1.17. The number of esters is 1. The number of hydrogen-bond acceptors (Lipinski definition) is 4. The zero-order valence-electron chi connectivity index (χ0n) is 17.6. The highest BCUT2D eigenvalue weighted by molar-refractivity contribution is 14.1. The van der Waals surface area contributed by atoms with Gasteiger partial charge in [0.2, 0.25) is 0 Å². The van der Waals surface area contributed by atoms with E-state index in [1.165, 1.54) is 6.07 Å². The topological polar surface area (TPSA) is 52.6 Å². The van der Waals surface area contributed by atoms with Gasteiger partial charge in [-0.05, 0) is 85.2 Å². The largest absolute Gasteiger partial charge is 0.460 e. The van der Waals surface area contributed by atoms with Crippen LogP contribution in [0.2, 0.25) is 0 Å². The standard InChI is InChI=1S/C23H24F3IO4/c1-23(2,3)31-22(29)5-4-8-30-13-21(28)17-12-20(26)19(25)10-15(17)9-14-6-7-16(27)11-18(14)24/h6-7,10-12H,4-5,8-9,13H2,1-3H3. The average molecular weight is 548 g/mol. The van der Waals surface area contributed by atoms with Crippen molar-refractivity contribution in [2.45, 2.75) is 45.6 Å². The van der Waals surface area contributed by atoms with Crippen molar-refractivity contribution in [3.63, 3.8) is 0 Å². The normalized spacial score (nSPS) is 11.5. The van der Waals surface area contributed by atoms with E-state index in [1.54, 1.807) is 32.9 Å². The van der Waals surface area contributed by atoms with Crippen LogP contribution in [0.4, 0.5) is 13.2 Å². The van der Waals surface area contributed by atoms with E-state index in [0.29, 0.717) is 9.99 Å². The van der Waals surface area contributed by atoms with E-state index >= 15 is 0 Å². The second kappa shape index (κ2) is 11.1. The molecular formula is C23H24F3IO4. The average Bonchev–Trinajstić information content (AvgIpc) is 2.64. The summed E-state index contributed by atoms with van der Waals surface area (Å²) in [6, 6.07) is 6.27. The van der Waals surface area contributed by atoms with Crippen LogP contribution >= 0.6 is 22.6 Å². The van der Waals surface area contributed by atoms with Crippen LogP contribution in [0.25, 0.3) is 0 Å². The summed E-state index contributed by atoms with van der Waals surface area (Å²) in [5, 5.41) is 0. The van der Waals surface area contributed by atoms with E-state index in [4.69, 9.17) is 9.47 Å². The van der Waals surface area contributed by atoms with E-state index < -0.39 is 28.8 Å². The number of ether oxygens (including phenoxy) is 2. The van der Waals surface area contributed by atoms with E-state index in [2.05, 4.69) is 0 Å². The molecule has 0 bridgehead atoms. The number of carbonyl (C=O) groups excluding carboxylic acids is 2. The SMILES string of the molecule is CC(C)(C)OC(=O)CCCOCC(=O)c1cc(F)c(F)cc1Cc1ccc(I)cc1F. The first kappa shape index (κ1) is 25.3. The van der Waals surface area contributed by atoms with Crippen LogP contribution < -0.4 is 0 Å². The molecule has 2 aromatic carbocycles. The molecule has 0 spiro atoms. The van der Waals surface area contributed by atoms with Gasteiger partial charge in [0.15, 0.2) is 17.4 Å². The van der Waals surface area contributed by atoms with E-state index in [1.807, 2.05) is 22.6 Å². The predicted molar refractivity (Wildman–Crippen MR) is 119 cm³/mol. The van der Waals surface area contributed by atoms with Gasteiger partial charge in [-0.2, -0.15) is 0 Å². The van der Waals surface area contributed by atoms with Crippen LogP contribution in [0.5, 0.6) is 0 Å². The smallest absolute Gasteiger partial charge is 0.306 e. The molecule has 0 radical (unpaired) electrons. The maximum Gasteiger partial charge on any atom is 0.306 e. The summed E-state index contributed by atoms with van der Waals surface area (Å²) < 4.78 is 52.9. The van der Waals surface area contributed by atoms with Gasteiger partial charge in [0.25, 0.3) is 0 Å². The summed E-state index contributed by atoms with van der Waals surface area (Å²) in [6.45, 7) is 5.04. The number of benzene rings is 2. The second-order valence-electron chi connectivity index (χ2n) is 8.00. The van der Waals surface area contributed by atoms with Gasteiger partial charge < -0.3 is 9.47 Å². The van der Waals surface area contributed by atoms with Crippen LogP contribution in [-0.2, 0) is 20.7 Å². The molecule has 0 aromatic heterocycles. The monoisotopic (exact) mass is 548 g/mol. The number of rotatable bonds is 9. The van der Waals surface area contributed by atoms with Gasteiger partial charge >= 0.3 is 5.97 Å². The number of hydrogen-bond donors (Lipinski definition) is 0. The van der Waals surface area contributed by atoms with Crippen molar-refractivity contribution in [3.05, 3.63) is 68.0 Å². The maximum atomic E-state index is 14.2. The van der Waals surface area contributed by atoms with Crippen LogP contribution in [-0.4, -0.2) is 30.6 Å². The first-order chi connectivity index (χ1) is 14.5. The van der Waals surface area contributed by atoms with Crippen molar-refractivity contribution < 1.29 is 32.2 Å². The highest BCUT2D eigenvalue weighted by atomic mass is 127. The molecule has 0 amide bonds. The van der Waals surface area contributed by atoms with Gasteiger partial charge in [-0.25, -0.2) is 13.2 Å². The summed E-state index contributed by atoms with van der Waals surface area (Å²) in [5.74, 6) is -3.70. The molecular weight excluding hydrogens is 524 g/mol. The van der Waals surface area contributed by atoms with Crippen molar-refractivity contribution >= 4 is 34.3 Å². The third-order valence-electron chi connectivity index (χ3n) is 4.17. The molecule has 0 unspecified atom stereocenters. The molecule has 0 fully saturated rings. The molecule has 0 N–H and O–H groups in total. The Bertz CT molecular complexity index is 955. The Kier molecular flexibility index (Phi) is 9.05. The lowest BCUT2D eigenvalue weighted by Gasteiger charge is -2.19. The summed E-state index contributed by atoms with van der Waals surface area (Å²) in [7, 11) is 0. The summed E-state index contributed by atoms with van der Waals surface area (Å²) in [5.41, 5.74) is -0.211. The Hall–Kier alpha value is -1.94. The number of ketones is 1. The van der Waals surface area contributed by atoms with Crippen molar-refractivity contribution in [2.24, 2.45) is 0 Å².